The Morgan fingerprint density at radius 1 is 1.20 bits per heavy atom. The zero-order valence-electron chi connectivity index (χ0n) is 14.4. The summed E-state index contributed by atoms with van der Waals surface area (Å²) < 4.78 is 7.05. The number of aromatic nitrogens is 2. The fourth-order valence-electron chi connectivity index (χ4n) is 3.10. The van der Waals surface area contributed by atoms with Crippen LogP contribution >= 0.6 is 0 Å². The van der Waals surface area contributed by atoms with Crippen LogP contribution in [0, 0.1) is 5.92 Å². The van der Waals surface area contributed by atoms with Gasteiger partial charge in [-0.25, -0.2) is 4.98 Å². The van der Waals surface area contributed by atoms with Gasteiger partial charge in [0, 0.05) is 37.6 Å². The third-order valence-electron chi connectivity index (χ3n) is 4.53. The number of rotatable bonds is 5. The van der Waals surface area contributed by atoms with Crippen molar-refractivity contribution in [3.63, 3.8) is 0 Å². The molecule has 132 valence electrons. The molecule has 0 atom stereocenters. The number of ether oxygens (including phenoxy) is 1. The third-order valence-corrected chi connectivity index (χ3v) is 4.53. The minimum atomic E-state index is -0.140. The molecule has 1 aliphatic rings. The smallest absolute Gasteiger partial charge is 0.309 e. The Balaban J connectivity index is 1.55. The van der Waals surface area contributed by atoms with E-state index in [1.54, 1.807) is 12.5 Å². The lowest BCUT2D eigenvalue weighted by Crippen LogP contribution is -2.40. The van der Waals surface area contributed by atoms with E-state index in [0.717, 1.165) is 12.1 Å². The maximum absolute atomic E-state index is 12.6. The number of piperidine rings is 1. The van der Waals surface area contributed by atoms with Crippen LogP contribution in [0.25, 0.3) is 0 Å². The van der Waals surface area contributed by atoms with Gasteiger partial charge in [-0.1, -0.05) is 12.1 Å². The van der Waals surface area contributed by atoms with Crippen molar-refractivity contribution in [2.75, 3.05) is 19.7 Å². The van der Waals surface area contributed by atoms with Gasteiger partial charge in [0.1, 0.15) is 0 Å². The van der Waals surface area contributed by atoms with Crippen LogP contribution in [-0.2, 0) is 16.1 Å². The minimum Gasteiger partial charge on any atom is -0.466 e. The molecular weight excluding hydrogens is 318 g/mol. The molecule has 0 spiro atoms. The summed E-state index contributed by atoms with van der Waals surface area (Å²) in [5.41, 5.74) is 1.81. The zero-order valence-corrected chi connectivity index (χ0v) is 14.4. The van der Waals surface area contributed by atoms with Crippen molar-refractivity contribution >= 4 is 11.9 Å². The molecule has 1 amide bonds. The fourth-order valence-corrected chi connectivity index (χ4v) is 3.10. The van der Waals surface area contributed by atoms with Gasteiger partial charge in [0.2, 0.25) is 0 Å². The highest BCUT2D eigenvalue weighted by Crippen LogP contribution is 2.20. The average Bonchev–Trinajstić information content (AvgIpc) is 3.15. The van der Waals surface area contributed by atoms with Gasteiger partial charge in [0.15, 0.2) is 0 Å². The second-order valence-electron chi connectivity index (χ2n) is 6.25. The molecule has 1 aromatic carbocycles. The Morgan fingerprint density at radius 2 is 1.92 bits per heavy atom. The number of carbonyl (C=O) groups is 2. The zero-order chi connectivity index (χ0) is 17.6. The van der Waals surface area contributed by atoms with Crippen LogP contribution in [-0.4, -0.2) is 46.0 Å². The Bertz CT molecular complexity index is 702. The number of hydrogen-bond acceptors (Lipinski definition) is 4. The molecular formula is C19H23N3O3. The van der Waals surface area contributed by atoms with E-state index in [1.807, 2.05) is 46.9 Å². The maximum atomic E-state index is 12.6. The largest absolute Gasteiger partial charge is 0.466 e. The van der Waals surface area contributed by atoms with E-state index in [9.17, 15) is 9.59 Å². The summed E-state index contributed by atoms with van der Waals surface area (Å²) in [6.07, 6.45) is 6.77. The summed E-state index contributed by atoms with van der Waals surface area (Å²) in [5, 5.41) is 0. The fraction of sp³-hybridized carbons (Fsp3) is 0.421. The summed E-state index contributed by atoms with van der Waals surface area (Å²) in [4.78, 5) is 30.2. The van der Waals surface area contributed by atoms with Gasteiger partial charge in [-0.3, -0.25) is 9.59 Å². The highest BCUT2D eigenvalue weighted by Gasteiger charge is 2.28. The summed E-state index contributed by atoms with van der Waals surface area (Å²) >= 11 is 0. The lowest BCUT2D eigenvalue weighted by atomic mass is 9.96. The first-order chi connectivity index (χ1) is 12.2. The normalized spacial score (nSPS) is 15.2. The first-order valence-corrected chi connectivity index (χ1v) is 8.68. The summed E-state index contributed by atoms with van der Waals surface area (Å²) in [6.45, 7) is 4.15. The van der Waals surface area contributed by atoms with Gasteiger partial charge in [-0.15, -0.1) is 0 Å². The Morgan fingerprint density at radius 3 is 2.52 bits per heavy atom. The van der Waals surface area contributed by atoms with E-state index in [2.05, 4.69) is 4.98 Å². The van der Waals surface area contributed by atoms with Crippen LogP contribution in [0.4, 0.5) is 0 Å². The molecule has 6 heteroatoms. The molecule has 0 bridgehead atoms. The summed E-state index contributed by atoms with van der Waals surface area (Å²) in [5.74, 6) is -0.198. The second kappa shape index (κ2) is 7.96. The number of carbonyl (C=O) groups excluding carboxylic acids is 2. The van der Waals surface area contributed by atoms with Gasteiger partial charge < -0.3 is 14.2 Å². The number of hydrogen-bond donors (Lipinski definition) is 0. The molecule has 25 heavy (non-hydrogen) atoms. The monoisotopic (exact) mass is 341 g/mol. The highest BCUT2D eigenvalue weighted by molar-refractivity contribution is 5.94. The Hall–Kier alpha value is -2.63. The lowest BCUT2D eigenvalue weighted by Gasteiger charge is -2.31. The molecule has 1 fully saturated rings. The molecule has 0 saturated carbocycles. The topological polar surface area (TPSA) is 64.4 Å². The standard InChI is InChI=1S/C19H23N3O3/c1-2-25-19(24)17-7-10-22(11-8-17)18(23)16-5-3-15(4-6-16)13-21-12-9-20-14-21/h3-6,9,12,14,17H,2,7-8,10-11,13H2,1H3. The highest BCUT2D eigenvalue weighted by atomic mass is 16.5. The molecule has 1 aliphatic heterocycles. The summed E-state index contributed by atoms with van der Waals surface area (Å²) in [7, 11) is 0. The van der Waals surface area contributed by atoms with Gasteiger partial charge in [0.25, 0.3) is 5.91 Å². The van der Waals surface area contributed by atoms with Crippen LogP contribution in [0.5, 0.6) is 0 Å². The van der Waals surface area contributed by atoms with Gasteiger partial charge in [-0.2, -0.15) is 0 Å². The van der Waals surface area contributed by atoms with Crippen LogP contribution in [0.2, 0.25) is 0 Å². The van der Waals surface area contributed by atoms with Crippen molar-refractivity contribution < 1.29 is 14.3 Å². The molecule has 0 unspecified atom stereocenters. The number of amides is 1. The first kappa shape index (κ1) is 17.2. The molecule has 2 heterocycles. The van der Waals surface area contributed by atoms with Crippen LogP contribution in [0.3, 0.4) is 0 Å². The van der Waals surface area contributed by atoms with Gasteiger partial charge >= 0.3 is 5.97 Å². The van der Waals surface area contributed by atoms with Crippen molar-refractivity contribution in [1.82, 2.24) is 14.5 Å². The minimum absolute atomic E-state index is 0.0245. The second-order valence-corrected chi connectivity index (χ2v) is 6.25. The van der Waals surface area contributed by atoms with E-state index >= 15 is 0 Å². The number of nitrogens with zero attached hydrogens (tertiary/aromatic N) is 3. The van der Waals surface area contributed by atoms with Crippen LogP contribution < -0.4 is 0 Å². The number of imidazole rings is 1. The first-order valence-electron chi connectivity index (χ1n) is 8.68. The molecule has 0 N–H and O–H groups in total. The predicted octanol–water partition coefficient (Wildman–Crippen LogP) is 2.35. The average molecular weight is 341 g/mol. The predicted molar refractivity (Wildman–Crippen MR) is 93.0 cm³/mol. The van der Waals surface area contributed by atoms with Gasteiger partial charge in [0.05, 0.1) is 18.9 Å². The molecule has 6 nitrogen and oxygen atoms in total. The van der Waals surface area contributed by atoms with Crippen molar-refractivity contribution in [2.45, 2.75) is 26.3 Å². The van der Waals surface area contributed by atoms with Crippen molar-refractivity contribution in [1.29, 1.82) is 0 Å². The van der Waals surface area contributed by atoms with Crippen molar-refractivity contribution in [3.05, 3.63) is 54.1 Å². The van der Waals surface area contributed by atoms with Crippen LogP contribution in [0.1, 0.15) is 35.7 Å². The third kappa shape index (κ3) is 4.26. The maximum Gasteiger partial charge on any atom is 0.309 e. The van der Waals surface area contributed by atoms with Crippen LogP contribution in [0.15, 0.2) is 43.0 Å². The quantitative estimate of drug-likeness (QED) is 0.783. The number of esters is 1. The molecule has 1 saturated heterocycles. The molecule has 0 radical (unpaired) electrons. The van der Waals surface area contributed by atoms with Crippen molar-refractivity contribution in [3.8, 4) is 0 Å². The Labute approximate surface area is 147 Å². The van der Waals surface area contributed by atoms with E-state index in [4.69, 9.17) is 4.74 Å². The van der Waals surface area contributed by atoms with Crippen molar-refractivity contribution in [2.24, 2.45) is 5.92 Å². The van der Waals surface area contributed by atoms with E-state index in [0.29, 0.717) is 38.1 Å². The Kier molecular flexibility index (Phi) is 5.48. The lowest BCUT2D eigenvalue weighted by molar-refractivity contribution is -0.149. The molecule has 1 aromatic heterocycles. The molecule has 2 aromatic rings. The molecule has 0 aliphatic carbocycles. The SMILES string of the molecule is CCOC(=O)C1CCN(C(=O)c2ccc(Cn3ccnc3)cc2)CC1. The van der Waals surface area contributed by atoms with E-state index < -0.39 is 0 Å². The van der Waals surface area contributed by atoms with E-state index in [-0.39, 0.29) is 17.8 Å². The van der Waals surface area contributed by atoms with E-state index in [1.165, 1.54) is 0 Å². The van der Waals surface area contributed by atoms with Gasteiger partial charge in [-0.05, 0) is 37.5 Å². The molecule has 3 rings (SSSR count). The summed E-state index contributed by atoms with van der Waals surface area (Å²) in [6, 6.07) is 7.68. The number of likely N-dealkylation sites (tertiary alicyclic amines) is 1. The number of benzene rings is 1.